The highest BCUT2D eigenvalue weighted by molar-refractivity contribution is 5.29. The topological polar surface area (TPSA) is 15.3 Å². The molecule has 1 aliphatic heterocycles. The Morgan fingerprint density at radius 3 is 2.24 bits per heavy atom. The molecule has 0 spiro atoms. The minimum absolute atomic E-state index is 0.250. The molecular formula is C19H30N2. The van der Waals surface area contributed by atoms with Crippen LogP contribution in [0.1, 0.15) is 57.2 Å². The molecule has 1 heterocycles. The molecule has 3 rings (SSSR count). The lowest BCUT2D eigenvalue weighted by Crippen LogP contribution is -2.45. The fraction of sp³-hybridized carbons (Fsp3) is 0.684. The predicted molar refractivity (Wildman–Crippen MR) is 89.7 cm³/mol. The van der Waals surface area contributed by atoms with Gasteiger partial charge < -0.3 is 5.32 Å². The average molecular weight is 286 g/mol. The molecule has 2 heteroatoms. The highest BCUT2D eigenvalue weighted by Gasteiger charge is 2.30. The minimum Gasteiger partial charge on any atom is -0.314 e. The Morgan fingerprint density at radius 2 is 1.71 bits per heavy atom. The number of benzene rings is 1. The summed E-state index contributed by atoms with van der Waals surface area (Å²) in [5, 5.41) is 3.48. The number of rotatable bonds is 4. The van der Waals surface area contributed by atoms with E-state index >= 15 is 0 Å². The van der Waals surface area contributed by atoms with Crippen molar-refractivity contribution in [1.29, 1.82) is 0 Å². The lowest BCUT2D eigenvalue weighted by Gasteiger charge is -2.35. The van der Waals surface area contributed by atoms with Crippen molar-refractivity contribution >= 4 is 0 Å². The van der Waals surface area contributed by atoms with Gasteiger partial charge in [0.25, 0.3) is 0 Å². The van der Waals surface area contributed by atoms with Gasteiger partial charge in [-0.15, -0.1) is 0 Å². The van der Waals surface area contributed by atoms with Crippen LogP contribution in [-0.2, 0) is 5.41 Å². The van der Waals surface area contributed by atoms with E-state index in [0.29, 0.717) is 6.04 Å². The number of nitrogens with zero attached hydrogens (tertiary/aromatic N) is 1. The van der Waals surface area contributed by atoms with Crippen molar-refractivity contribution in [3.05, 3.63) is 35.4 Å². The number of hydrogen-bond acceptors (Lipinski definition) is 2. The summed E-state index contributed by atoms with van der Waals surface area (Å²) in [5.41, 5.74) is 3.22. The predicted octanol–water partition coefficient (Wildman–Crippen LogP) is 3.73. The molecule has 2 aliphatic rings. The van der Waals surface area contributed by atoms with Crippen LogP contribution in [0.15, 0.2) is 24.3 Å². The van der Waals surface area contributed by atoms with Crippen molar-refractivity contribution < 1.29 is 0 Å². The Labute approximate surface area is 129 Å². The van der Waals surface area contributed by atoms with Gasteiger partial charge in [-0.1, -0.05) is 57.9 Å². The molecule has 116 valence electrons. The molecule has 2 nitrogen and oxygen atoms in total. The maximum absolute atomic E-state index is 3.48. The van der Waals surface area contributed by atoms with Crippen LogP contribution in [0.25, 0.3) is 0 Å². The summed E-state index contributed by atoms with van der Waals surface area (Å²) in [4.78, 5) is 2.70. The van der Waals surface area contributed by atoms with Crippen LogP contribution < -0.4 is 5.32 Å². The van der Waals surface area contributed by atoms with Gasteiger partial charge in [0.15, 0.2) is 0 Å². The SMILES string of the molecule is CC(C)(C)c1ccc([C@H](CC2CC2)N2CCNCC2)cc1. The molecule has 1 saturated carbocycles. The van der Waals surface area contributed by atoms with Crippen LogP contribution in [0.4, 0.5) is 0 Å². The largest absolute Gasteiger partial charge is 0.314 e. The zero-order chi connectivity index (χ0) is 14.9. The maximum atomic E-state index is 3.48. The Morgan fingerprint density at radius 1 is 1.10 bits per heavy atom. The van der Waals surface area contributed by atoms with Crippen LogP contribution in [0, 0.1) is 5.92 Å². The highest BCUT2D eigenvalue weighted by Crippen LogP contribution is 2.40. The van der Waals surface area contributed by atoms with Gasteiger partial charge in [-0.2, -0.15) is 0 Å². The summed E-state index contributed by atoms with van der Waals surface area (Å²) in [6.07, 6.45) is 4.25. The average Bonchev–Trinajstić information content (AvgIpc) is 3.29. The van der Waals surface area contributed by atoms with Gasteiger partial charge in [0.2, 0.25) is 0 Å². The van der Waals surface area contributed by atoms with Gasteiger partial charge in [0.1, 0.15) is 0 Å². The fourth-order valence-electron chi connectivity index (χ4n) is 3.36. The summed E-state index contributed by atoms with van der Waals surface area (Å²) < 4.78 is 0. The van der Waals surface area contributed by atoms with Crippen molar-refractivity contribution in [2.75, 3.05) is 26.2 Å². The first-order chi connectivity index (χ1) is 10.0. The lowest BCUT2D eigenvalue weighted by atomic mass is 9.85. The molecular weight excluding hydrogens is 256 g/mol. The summed E-state index contributed by atoms with van der Waals surface area (Å²) in [6.45, 7) is 11.5. The molecule has 1 aromatic rings. The van der Waals surface area contributed by atoms with Crippen LogP contribution in [0.5, 0.6) is 0 Å². The Hall–Kier alpha value is -0.860. The molecule has 0 bridgehead atoms. The first-order valence-corrected chi connectivity index (χ1v) is 8.59. The molecule has 0 unspecified atom stereocenters. The molecule has 0 amide bonds. The monoisotopic (exact) mass is 286 g/mol. The van der Waals surface area contributed by atoms with Crippen molar-refractivity contribution in [1.82, 2.24) is 10.2 Å². The molecule has 0 aromatic heterocycles. The van der Waals surface area contributed by atoms with Crippen LogP contribution in [-0.4, -0.2) is 31.1 Å². The van der Waals surface area contributed by atoms with Gasteiger partial charge in [-0.05, 0) is 28.9 Å². The normalized spacial score (nSPS) is 22.2. The van der Waals surface area contributed by atoms with E-state index in [2.05, 4.69) is 55.3 Å². The Kier molecular flexibility index (Phi) is 4.37. The molecule has 1 atom stereocenters. The van der Waals surface area contributed by atoms with Crippen LogP contribution >= 0.6 is 0 Å². The second-order valence-corrected chi connectivity index (χ2v) is 7.85. The van der Waals surface area contributed by atoms with E-state index in [1.54, 1.807) is 0 Å². The third-order valence-corrected chi connectivity index (χ3v) is 5.01. The molecule has 1 N–H and O–H groups in total. The van der Waals surface area contributed by atoms with Gasteiger partial charge in [-0.3, -0.25) is 4.90 Å². The van der Waals surface area contributed by atoms with E-state index in [-0.39, 0.29) is 5.41 Å². The Bertz CT molecular complexity index is 447. The first-order valence-electron chi connectivity index (χ1n) is 8.59. The summed E-state index contributed by atoms with van der Waals surface area (Å²) in [5.74, 6) is 0.979. The van der Waals surface area contributed by atoms with Crippen molar-refractivity contribution in [2.24, 2.45) is 5.92 Å². The van der Waals surface area contributed by atoms with E-state index in [4.69, 9.17) is 0 Å². The van der Waals surface area contributed by atoms with E-state index in [0.717, 1.165) is 19.0 Å². The lowest BCUT2D eigenvalue weighted by molar-refractivity contribution is 0.160. The molecule has 1 aliphatic carbocycles. The number of nitrogens with one attached hydrogen (secondary N) is 1. The smallest absolute Gasteiger partial charge is 0.0351 e. The molecule has 1 saturated heterocycles. The standard InChI is InChI=1S/C19H30N2/c1-19(2,3)17-8-6-16(7-9-17)18(14-15-4-5-15)21-12-10-20-11-13-21/h6-9,15,18,20H,4-5,10-14H2,1-3H3/t18-/m0/s1. The first kappa shape index (κ1) is 15.1. The van der Waals surface area contributed by atoms with Crippen molar-refractivity contribution in [3.63, 3.8) is 0 Å². The minimum atomic E-state index is 0.250. The number of hydrogen-bond donors (Lipinski definition) is 1. The van der Waals surface area contributed by atoms with E-state index in [9.17, 15) is 0 Å². The molecule has 2 fully saturated rings. The van der Waals surface area contributed by atoms with Gasteiger partial charge in [0, 0.05) is 32.2 Å². The zero-order valence-electron chi connectivity index (χ0n) is 13.9. The zero-order valence-corrected chi connectivity index (χ0v) is 13.9. The highest BCUT2D eigenvalue weighted by atomic mass is 15.2. The van der Waals surface area contributed by atoms with Crippen LogP contribution in [0.2, 0.25) is 0 Å². The van der Waals surface area contributed by atoms with E-state index in [1.807, 2.05) is 0 Å². The van der Waals surface area contributed by atoms with Gasteiger partial charge in [0.05, 0.1) is 0 Å². The second-order valence-electron chi connectivity index (χ2n) is 7.85. The summed E-state index contributed by atoms with van der Waals surface area (Å²) in [7, 11) is 0. The van der Waals surface area contributed by atoms with Crippen LogP contribution in [0.3, 0.4) is 0 Å². The fourth-order valence-corrected chi connectivity index (χ4v) is 3.36. The molecule has 21 heavy (non-hydrogen) atoms. The Balaban J connectivity index is 1.78. The second kappa shape index (κ2) is 6.10. The molecule has 0 radical (unpaired) electrons. The summed E-state index contributed by atoms with van der Waals surface area (Å²) in [6, 6.07) is 10.1. The van der Waals surface area contributed by atoms with E-state index in [1.165, 1.54) is 43.5 Å². The number of piperazine rings is 1. The maximum Gasteiger partial charge on any atom is 0.0351 e. The quantitative estimate of drug-likeness (QED) is 0.907. The van der Waals surface area contributed by atoms with Crippen molar-refractivity contribution in [2.45, 2.75) is 51.5 Å². The third kappa shape index (κ3) is 3.87. The van der Waals surface area contributed by atoms with Gasteiger partial charge >= 0.3 is 0 Å². The van der Waals surface area contributed by atoms with Crippen molar-refractivity contribution in [3.8, 4) is 0 Å². The third-order valence-electron chi connectivity index (χ3n) is 5.01. The molecule has 1 aromatic carbocycles. The summed E-state index contributed by atoms with van der Waals surface area (Å²) >= 11 is 0. The van der Waals surface area contributed by atoms with Gasteiger partial charge in [-0.25, -0.2) is 0 Å². The van der Waals surface area contributed by atoms with E-state index < -0.39 is 0 Å².